The molecular formula is C33H28N6S4. The van der Waals surface area contributed by atoms with Gasteiger partial charge in [0.15, 0.2) is 0 Å². The fourth-order valence-corrected chi connectivity index (χ4v) is 6.85. The zero-order chi connectivity index (χ0) is 29.7. The Kier molecular flexibility index (Phi) is 11.2. The van der Waals surface area contributed by atoms with Gasteiger partial charge in [-0.3, -0.25) is 0 Å². The van der Waals surface area contributed by atoms with Gasteiger partial charge in [0, 0.05) is 53.0 Å². The first-order valence-electron chi connectivity index (χ1n) is 13.2. The molecule has 0 fully saturated rings. The standard InChI is InChI=1S/C12H10S4.3C7H6N2/c13-9-5-1-3-7-11(9)15-16-12-8-4-2-6-10(12)14;3*1-2-5-9-6-4-8-7(9)3-1/h1-8,13-14H;3*1-6H. The number of fused-ring (bicyclic) bond motifs is 3. The zero-order valence-electron chi connectivity index (χ0n) is 22.9. The monoisotopic (exact) mass is 636 g/mol. The van der Waals surface area contributed by atoms with Gasteiger partial charge in [-0.25, -0.2) is 19.4 Å². The Hall–Kier alpha value is -4.22. The summed E-state index contributed by atoms with van der Waals surface area (Å²) in [4.78, 5) is 15.4. The number of nitrogens with zero attached hydrogens (tertiary/aromatic N) is 5. The first-order valence-corrected chi connectivity index (χ1v) is 16.3. The Morgan fingerprint density at radius 2 is 1.21 bits per heavy atom. The van der Waals surface area contributed by atoms with Crippen LogP contribution in [0.1, 0.15) is 0 Å². The highest BCUT2D eigenvalue weighted by Gasteiger charge is 2.00. The molecule has 43 heavy (non-hydrogen) atoms. The van der Waals surface area contributed by atoms with Gasteiger partial charge in [0.1, 0.15) is 23.7 Å². The maximum atomic E-state index is 5.25. The molecule has 0 saturated heterocycles. The topological polar surface area (TPSA) is 54.5 Å². The lowest BCUT2D eigenvalue weighted by molar-refractivity contribution is -0.509. The summed E-state index contributed by atoms with van der Waals surface area (Å²) in [6.07, 6.45) is 17.3. The van der Waals surface area contributed by atoms with Crippen molar-refractivity contribution in [3.63, 3.8) is 0 Å². The minimum Gasteiger partial charge on any atom is -0.779 e. The molecule has 0 aliphatic rings. The van der Waals surface area contributed by atoms with Crippen LogP contribution in [0.2, 0.25) is 0 Å². The number of H-pyrrole nitrogens is 1. The van der Waals surface area contributed by atoms with E-state index in [1.807, 2.05) is 154 Å². The van der Waals surface area contributed by atoms with Gasteiger partial charge in [-0.05, 0) is 53.4 Å². The SMILES string of the molecule is [S-]c1ccccc1SSc1ccccc1S.c1cc[n+]2cc[nH]c2c1.c1ccn2ccnc2c1.c1ccn2ccnc2c1. The van der Waals surface area contributed by atoms with Crippen molar-refractivity contribution < 1.29 is 4.40 Å². The first-order chi connectivity index (χ1) is 21.2. The van der Waals surface area contributed by atoms with E-state index < -0.39 is 0 Å². The molecule has 6 nitrogen and oxygen atoms in total. The van der Waals surface area contributed by atoms with Crippen LogP contribution < -0.4 is 4.40 Å². The summed E-state index contributed by atoms with van der Waals surface area (Å²) in [7, 11) is 3.37. The number of aromatic amines is 1. The molecule has 0 unspecified atom stereocenters. The van der Waals surface area contributed by atoms with Crippen molar-refractivity contribution in [1.82, 2.24) is 23.8 Å². The summed E-state index contributed by atoms with van der Waals surface area (Å²) in [5.74, 6) is 0. The second kappa shape index (κ2) is 15.9. The molecule has 0 atom stereocenters. The number of aromatic nitrogens is 6. The van der Waals surface area contributed by atoms with Crippen LogP contribution in [0, 0.1) is 0 Å². The number of imidazole rings is 3. The molecule has 214 valence electrons. The summed E-state index contributed by atoms with van der Waals surface area (Å²) < 4.78 is 5.97. The second-order valence-electron chi connectivity index (χ2n) is 8.82. The number of rotatable bonds is 3. The van der Waals surface area contributed by atoms with Crippen molar-refractivity contribution >= 4 is 63.8 Å². The quantitative estimate of drug-likeness (QED) is 0.0889. The van der Waals surface area contributed by atoms with Crippen LogP contribution in [-0.2, 0) is 12.6 Å². The van der Waals surface area contributed by atoms with E-state index in [0.29, 0.717) is 0 Å². The summed E-state index contributed by atoms with van der Waals surface area (Å²) in [6.45, 7) is 0. The Morgan fingerprint density at radius 1 is 0.628 bits per heavy atom. The normalized spacial score (nSPS) is 10.3. The number of pyridine rings is 3. The van der Waals surface area contributed by atoms with Gasteiger partial charge in [0.05, 0.1) is 6.20 Å². The van der Waals surface area contributed by atoms with Gasteiger partial charge in [-0.1, -0.05) is 70.1 Å². The van der Waals surface area contributed by atoms with Gasteiger partial charge in [-0.15, -0.1) is 12.6 Å². The molecule has 0 radical (unpaired) electrons. The lowest BCUT2D eigenvalue weighted by atomic mass is 10.4. The number of benzene rings is 2. The zero-order valence-corrected chi connectivity index (χ0v) is 26.3. The molecule has 6 heterocycles. The van der Waals surface area contributed by atoms with E-state index in [2.05, 4.69) is 33.6 Å². The highest BCUT2D eigenvalue weighted by molar-refractivity contribution is 8.76. The summed E-state index contributed by atoms with van der Waals surface area (Å²) in [5, 5.41) is 0. The summed E-state index contributed by atoms with van der Waals surface area (Å²) >= 11 is 9.66. The Bertz CT molecular complexity index is 1710. The van der Waals surface area contributed by atoms with Crippen LogP contribution in [0.4, 0.5) is 0 Å². The molecule has 0 saturated carbocycles. The third kappa shape index (κ3) is 8.89. The lowest BCUT2D eigenvalue weighted by Gasteiger charge is -2.12. The van der Waals surface area contributed by atoms with Gasteiger partial charge in [-0.2, -0.15) is 4.90 Å². The first kappa shape index (κ1) is 30.2. The third-order valence-electron chi connectivity index (χ3n) is 5.90. The van der Waals surface area contributed by atoms with Crippen molar-refractivity contribution in [3.8, 4) is 0 Å². The predicted molar refractivity (Wildman–Crippen MR) is 182 cm³/mol. The van der Waals surface area contributed by atoms with E-state index in [1.165, 1.54) is 0 Å². The average molecular weight is 637 g/mol. The molecule has 8 aromatic rings. The highest BCUT2D eigenvalue weighted by Crippen LogP contribution is 2.41. The third-order valence-corrected chi connectivity index (χ3v) is 9.40. The average Bonchev–Trinajstić information content (AvgIpc) is 3.83. The molecule has 6 aromatic heterocycles. The predicted octanol–water partition coefficient (Wildman–Crippen LogP) is 8.10. The lowest BCUT2D eigenvalue weighted by Crippen LogP contribution is -2.15. The molecule has 1 N–H and O–H groups in total. The fraction of sp³-hybridized carbons (Fsp3) is 0. The molecular weight excluding hydrogens is 609 g/mol. The minimum atomic E-state index is 0.900. The molecule has 0 amide bonds. The molecule has 0 aliphatic heterocycles. The van der Waals surface area contributed by atoms with E-state index in [-0.39, 0.29) is 0 Å². The van der Waals surface area contributed by atoms with Gasteiger partial charge >= 0.3 is 0 Å². The molecule has 0 bridgehead atoms. The minimum absolute atomic E-state index is 0.900. The van der Waals surface area contributed by atoms with Crippen molar-refractivity contribution in [2.24, 2.45) is 0 Å². The van der Waals surface area contributed by atoms with E-state index in [4.69, 9.17) is 12.6 Å². The van der Waals surface area contributed by atoms with Crippen LogP contribution in [0.5, 0.6) is 0 Å². The van der Waals surface area contributed by atoms with E-state index >= 15 is 0 Å². The molecule has 8 rings (SSSR count). The number of thiol groups is 1. The smallest absolute Gasteiger partial charge is 0.283 e. The van der Waals surface area contributed by atoms with Gasteiger partial charge in [0.2, 0.25) is 0 Å². The summed E-state index contributed by atoms with van der Waals surface area (Å²) in [6, 6.07) is 33.9. The van der Waals surface area contributed by atoms with Crippen molar-refractivity contribution in [2.75, 3.05) is 0 Å². The molecule has 10 heteroatoms. The number of hydrogen-bond donors (Lipinski definition) is 2. The van der Waals surface area contributed by atoms with Crippen LogP contribution in [-0.4, -0.2) is 23.8 Å². The summed E-state index contributed by atoms with van der Waals surface area (Å²) in [5.41, 5.74) is 3.12. The maximum absolute atomic E-state index is 5.25. The maximum Gasteiger partial charge on any atom is 0.283 e. The Balaban J connectivity index is 0.000000118. The number of hydrogen-bond acceptors (Lipinski definition) is 6. The highest BCUT2D eigenvalue weighted by atomic mass is 33.1. The molecule has 0 spiro atoms. The van der Waals surface area contributed by atoms with Crippen LogP contribution in [0.15, 0.2) is 178 Å². The van der Waals surface area contributed by atoms with Crippen molar-refractivity contribution in [1.29, 1.82) is 0 Å². The molecule has 0 aliphatic carbocycles. The Labute approximate surface area is 269 Å². The van der Waals surface area contributed by atoms with Gasteiger partial charge < -0.3 is 21.4 Å². The van der Waals surface area contributed by atoms with Crippen LogP contribution in [0.25, 0.3) is 16.9 Å². The van der Waals surface area contributed by atoms with E-state index in [1.54, 1.807) is 34.0 Å². The van der Waals surface area contributed by atoms with Crippen molar-refractivity contribution in [3.05, 3.63) is 159 Å². The van der Waals surface area contributed by atoms with E-state index in [0.717, 1.165) is 36.5 Å². The molecule has 2 aromatic carbocycles. The largest absolute Gasteiger partial charge is 0.779 e. The van der Waals surface area contributed by atoms with Gasteiger partial charge in [0.25, 0.3) is 5.65 Å². The van der Waals surface area contributed by atoms with Crippen molar-refractivity contribution in [2.45, 2.75) is 19.6 Å². The van der Waals surface area contributed by atoms with E-state index in [9.17, 15) is 0 Å². The van der Waals surface area contributed by atoms with Crippen LogP contribution >= 0.6 is 34.2 Å². The van der Waals surface area contributed by atoms with Crippen LogP contribution in [0.3, 0.4) is 0 Å². The second-order valence-corrected chi connectivity index (χ2v) is 12.0. The Morgan fingerprint density at radius 3 is 1.84 bits per heavy atom. The fourth-order valence-electron chi connectivity index (χ4n) is 3.77. The number of nitrogens with one attached hydrogen (secondary N) is 1.